The van der Waals surface area contributed by atoms with Gasteiger partial charge >= 0.3 is 0 Å². The van der Waals surface area contributed by atoms with Gasteiger partial charge in [-0.15, -0.1) is 0 Å². The van der Waals surface area contributed by atoms with Crippen molar-refractivity contribution in [2.24, 2.45) is 5.92 Å². The maximum absolute atomic E-state index is 11.7. The van der Waals surface area contributed by atoms with Gasteiger partial charge in [0.25, 0.3) is 0 Å². The monoisotopic (exact) mass is 506 g/mol. The minimum absolute atomic E-state index is 0.00185. The van der Waals surface area contributed by atoms with Crippen molar-refractivity contribution in [2.45, 2.75) is 52.7 Å². The van der Waals surface area contributed by atoms with Crippen molar-refractivity contribution in [3.05, 3.63) is 12.2 Å². The molecular weight excluding hydrogens is 456 g/mol. The summed E-state index contributed by atoms with van der Waals surface area (Å²) < 4.78 is 28.1. The zero-order valence-electron chi connectivity index (χ0n) is 22.1. The Hall–Kier alpha value is -0.680. The van der Waals surface area contributed by atoms with Gasteiger partial charge < -0.3 is 34.3 Å². The number of carbonyl (C=O) groups excluding carboxylic acids is 1. The molecule has 0 aromatic rings. The first-order valence-electron chi connectivity index (χ1n) is 12.5. The first-order valence-corrected chi connectivity index (χ1v) is 13.9. The lowest BCUT2D eigenvalue weighted by atomic mass is 10.2. The van der Waals surface area contributed by atoms with Gasteiger partial charge in [-0.3, -0.25) is 4.79 Å². The lowest BCUT2D eigenvalue weighted by molar-refractivity contribution is -0.122. The molecule has 1 unspecified atom stereocenters. The summed E-state index contributed by atoms with van der Waals surface area (Å²) in [6.07, 6.45) is 7.49. The third kappa shape index (κ3) is 25.9. The van der Waals surface area contributed by atoms with Gasteiger partial charge in [-0.2, -0.15) is 11.8 Å². The van der Waals surface area contributed by atoms with Crippen LogP contribution in [0, 0.1) is 5.92 Å². The van der Waals surface area contributed by atoms with E-state index in [0.717, 1.165) is 18.7 Å². The smallest absolute Gasteiger partial charge is 0.222 e. The Morgan fingerprint density at radius 1 is 0.853 bits per heavy atom. The molecule has 0 aromatic carbocycles. The number of hydrogen-bond donors (Lipinski definition) is 2. The topological polar surface area (TPSA) is 87.3 Å². The Balaban J connectivity index is 3.53. The van der Waals surface area contributed by atoms with Gasteiger partial charge in [-0.1, -0.05) is 39.8 Å². The summed E-state index contributed by atoms with van der Waals surface area (Å²) in [5, 5.41) is 6.15. The van der Waals surface area contributed by atoms with Crippen molar-refractivity contribution in [1.29, 1.82) is 0 Å². The summed E-state index contributed by atoms with van der Waals surface area (Å²) in [6, 6.07) is 0.485. The molecular formula is C25H50N2O6S. The van der Waals surface area contributed by atoms with E-state index < -0.39 is 0 Å². The van der Waals surface area contributed by atoms with E-state index in [1.807, 2.05) is 6.08 Å². The molecule has 0 fully saturated rings. The van der Waals surface area contributed by atoms with Crippen LogP contribution in [0.4, 0.5) is 0 Å². The molecule has 0 aliphatic rings. The zero-order chi connectivity index (χ0) is 25.3. The fourth-order valence-corrected chi connectivity index (χ4v) is 3.35. The Bertz CT molecular complexity index is 480. The fraction of sp³-hybridized carbons (Fsp3) is 0.880. The molecule has 1 amide bonds. The van der Waals surface area contributed by atoms with Crippen molar-refractivity contribution >= 4 is 17.7 Å². The lowest BCUT2D eigenvalue weighted by Crippen LogP contribution is -2.27. The number of rotatable bonds is 25. The van der Waals surface area contributed by atoms with E-state index in [4.69, 9.17) is 23.7 Å². The summed E-state index contributed by atoms with van der Waals surface area (Å²) in [4.78, 5) is 11.7. The van der Waals surface area contributed by atoms with Crippen molar-refractivity contribution in [3.8, 4) is 0 Å². The number of carbonyl (C=O) groups is 1. The number of amides is 1. The molecule has 0 aliphatic carbocycles. The predicted octanol–water partition coefficient (Wildman–Crippen LogP) is 2.91. The van der Waals surface area contributed by atoms with Gasteiger partial charge in [-0.25, -0.2) is 0 Å². The minimum Gasteiger partial charge on any atom is -0.379 e. The number of thioether (sulfide) groups is 1. The molecule has 202 valence electrons. The highest BCUT2D eigenvalue weighted by Crippen LogP contribution is 2.06. The lowest BCUT2D eigenvalue weighted by Gasteiger charge is -2.17. The number of hydrogen-bond acceptors (Lipinski definition) is 8. The summed E-state index contributed by atoms with van der Waals surface area (Å²) in [6.45, 7) is 14.9. The van der Waals surface area contributed by atoms with Gasteiger partial charge in [0, 0.05) is 37.9 Å². The Morgan fingerprint density at radius 2 is 1.47 bits per heavy atom. The van der Waals surface area contributed by atoms with Crippen LogP contribution in [0.2, 0.25) is 0 Å². The molecule has 0 bridgehead atoms. The summed E-state index contributed by atoms with van der Waals surface area (Å²) in [7, 11) is 0. The number of ether oxygens (including phenoxy) is 5. The van der Waals surface area contributed by atoms with Gasteiger partial charge in [0.1, 0.15) is 0 Å². The second kappa shape index (κ2) is 25.4. The number of nitrogens with one attached hydrogen (secondary N) is 2. The van der Waals surface area contributed by atoms with Crippen LogP contribution in [0.5, 0.6) is 0 Å². The maximum atomic E-state index is 11.7. The summed E-state index contributed by atoms with van der Waals surface area (Å²) in [5.74, 6) is 1.42. The molecule has 0 saturated heterocycles. The molecule has 0 saturated carbocycles. The number of allylic oxidation sites excluding steroid dienone is 1. The SMILES string of the molecule is CSCC(CCOCCOCCNC(C)C)OCCOCCOCCC(=O)NC/C=C/C(C)C. The van der Waals surface area contributed by atoms with Crippen molar-refractivity contribution in [2.75, 3.05) is 84.6 Å². The van der Waals surface area contributed by atoms with Crippen molar-refractivity contribution in [3.63, 3.8) is 0 Å². The van der Waals surface area contributed by atoms with Crippen molar-refractivity contribution < 1.29 is 28.5 Å². The highest BCUT2D eigenvalue weighted by molar-refractivity contribution is 7.98. The molecule has 0 spiro atoms. The standard InChI is InChI=1S/C25H50N2O6S/c1-22(2)7-6-10-27-25(28)9-13-30-16-18-32-19-20-33-24(21-34-5)8-12-29-15-17-31-14-11-26-23(3)4/h6-7,22-24,26H,8-21H2,1-5H3,(H,27,28)/b7-6+. The van der Waals surface area contributed by atoms with E-state index in [-0.39, 0.29) is 12.0 Å². The molecule has 0 radical (unpaired) electrons. The summed E-state index contributed by atoms with van der Waals surface area (Å²) in [5.41, 5.74) is 0. The van der Waals surface area contributed by atoms with Crippen LogP contribution in [0.1, 0.15) is 40.5 Å². The van der Waals surface area contributed by atoms with Gasteiger partial charge in [0.15, 0.2) is 0 Å². The minimum atomic E-state index is -0.00185. The van der Waals surface area contributed by atoms with Crippen LogP contribution in [-0.4, -0.2) is 103 Å². The largest absolute Gasteiger partial charge is 0.379 e. The molecule has 0 heterocycles. The van der Waals surface area contributed by atoms with Crippen LogP contribution in [0.25, 0.3) is 0 Å². The molecule has 1 atom stereocenters. The maximum Gasteiger partial charge on any atom is 0.222 e. The van der Waals surface area contributed by atoms with Crippen LogP contribution >= 0.6 is 11.8 Å². The third-order valence-corrected chi connectivity index (χ3v) is 5.18. The van der Waals surface area contributed by atoms with E-state index in [2.05, 4.69) is 50.7 Å². The quantitative estimate of drug-likeness (QED) is 0.144. The van der Waals surface area contributed by atoms with Crippen LogP contribution in [0.15, 0.2) is 12.2 Å². The Morgan fingerprint density at radius 3 is 2.12 bits per heavy atom. The first-order chi connectivity index (χ1) is 16.5. The van der Waals surface area contributed by atoms with E-state index in [0.29, 0.717) is 84.4 Å². The van der Waals surface area contributed by atoms with E-state index in [1.165, 1.54) is 0 Å². The molecule has 0 aromatic heterocycles. The van der Waals surface area contributed by atoms with E-state index >= 15 is 0 Å². The third-order valence-electron chi connectivity index (χ3n) is 4.47. The van der Waals surface area contributed by atoms with Crippen LogP contribution in [0.3, 0.4) is 0 Å². The second-order valence-electron chi connectivity index (χ2n) is 8.52. The van der Waals surface area contributed by atoms with Crippen molar-refractivity contribution in [1.82, 2.24) is 10.6 Å². The summed E-state index contributed by atoms with van der Waals surface area (Å²) >= 11 is 1.77. The first kappa shape index (κ1) is 33.3. The molecule has 9 heteroatoms. The second-order valence-corrected chi connectivity index (χ2v) is 9.43. The fourth-order valence-electron chi connectivity index (χ4n) is 2.72. The Kier molecular flexibility index (Phi) is 24.9. The molecule has 2 N–H and O–H groups in total. The predicted molar refractivity (Wildman–Crippen MR) is 141 cm³/mol. The van der Waals surface area contributed by atoms with E-state index in [9.17, 15) is 4.79 Å². The van der Waals surface area contributed by atoms with Gasteiger partial charge in [0.2, 0.25) is 5.91 Å². The van der Waals surface area contributed by atoms with Crippen LogP contribution in [-0.2, 0) is 28.5 Å². The Labute approximate surface area is 212 Å². The van der Waals surface area contributed by atoms with Gasteiger partial charge in [0.05, 0.1) is 59.0 Å². The normalized spacial score (nSPS) is 12.8. The van der Waals surface area contributed by atoms with Crippen LogP contribution < -0.4 is 10.6 Å². The molecule has 8 nitrogen and oxygen atoms in total. The molecule has 0 aliphatic heterocycles. The highest BCUT2D eigenvalue weighted by atomic mass is 32.2. The average molecular weight is 507 g/mol. The highest BCUT2D eigenvalue weighted by Gasteiger charge is 2.08. The average Bonchev–Trinajstić information content (AvgIpc) is 2.79. The molecule has 0 rings (SSSR count). The van der Waals surface area contributed by atoms with E-state index in [1.54, 1.807) is 11.8 Å². The van der Waals surface area contributed by atoms with Gasteiger partial charge in [-0.05, 0) is 18.6 Å². The molecule has 34 heavy (non-hydrogen) atoms. The zero-order valence-corrected chi connectivity index (χ0v) is 23.0.